The van der Waals surface area contributed by atoms with Crippen LogP contribution in [0.25, 0.3) is 0 Å². The van der Waals surface area contributed by atoms with Crippen LogP contribution in [0.5, 0.6) is 0 Å². The van der Waals surface area contributed by atoms with Gasteiger partial charge in [-0.3, -0.25) is 14.4 Å². The Labute approximate surface area is 375 Å². The zero-order chi connectivity index (χ0) is 44.4. The summed E-state index contributed by atoms with van der Waals surface area (Å²) in [6.45, 7) is 6.48. The molecule has 0 aromatic heterocycles. The first-order chi connectivity index (χ1) is 30.0. The molecule has 0 radical (unpaired) electrons. The summed E-state index contributed by atoms with van der Waals surface area (Å²) < 4.78 is 16.7. The van der Waals surface area contributed by atoms with E-state index in [2.05, 4.69) is 106 Å². The van der Waals surface area contributed by atoms with Gasteiger partial charge < -0.3 is 14.2 Å². The minimum Gasteiger partial charge on any atom is -0.462 e. The number of hydrogen-bond acceptors (Lipinski definition) is 6. The highest BCUT2D eigenvalue weighted by molar-refractivity contribution is 5.71. The average molecular weight is 849 g/mol. The molecule has 0 saturated carbocycles. The first-order valence-corrected chi connectivity index (χ1v) is 25.1. The van der Waals surface area contributed by atoms with Gasteiger partial charge in [-0.05, 0) is 96.3 Å². The molecule has 0 amide bonds. The smallest absolute Gasteiger partial charge is 0.306 e. The van der Waals surface area contributed by atoms with E-state index >= 15 is 0 Å². The van der Waals surface area contributed by atoms with Gasteiger partial charge in [0.25, 0.3) is 0 Å². The quantitative estimate of drug-likeness (QED) is 0.0263. The summed E-state index contributed by atoms with van der Waals surface area (Å²) in [6, 6.07) is 0. The maximum absolute atomic E-state index is 12.8. The Morgan fingerprint density at radius 2 is 0.607 bits per heavy atom. The molecule has 0 spiro atoms. The Hall–Kier alpha value is -3.41. The second-order valence-corrected chi connectivity index (χ2v) is 16.4. The lowest BCUT2D eigenvalue weighted by molar-refractivity contribution is -0.167. The second kappa shape index (κ2) is 49.2. The molecular formula is C55H92O6. The van der Waals surface area contributed by atoms with Crippen molar-refractivity contribution in [2.45, 2.75) is 232 Å². The molecule has 0 fully saturated rings. The predicted molar refractivity (Wildman–Crippen MR) is 261 cm³/mol. The molecule has 0 N–H and O–H groups in total. The van der Waals surface area contributed by atoms with Crippen molar-refractivity contribution in [2.75, 3.05) is 13.2 Å². The van der Waals surface area contributed by atoms with Gasteiger partial charge >= 0.3 is 17.9 Å². The van der Waals surface area contributed by atoms with Gasteiger partial charge in [0, 0.05) is 19.3 Å². The SMILES string of the molecule is CCCCC/C=C\C/C=C\C/C=C\C/C=C\CCCC(=O)OC[C@@H](COC(=O)CCCCCCCCCCCCC)OC(=O)CCCC/C=C\C/C=C\C/C=C\CCCCC. The topological polar surface area (TPSA) is 78.9 Å². The van der Waals surface area contributed by atoms with Crippen molar-refractivity contribution >= 4 is 17.9 Å². The molecule has 0 aromatic rings. The monoisotopic (exact) mass is 849 g/mol. The highest BCUT2D eigenvalue weighted by atomic mass is 16.6. The molecule has 348 valence electrons. The summed E-state index contributed by atoms with van der Waals surface area (Å²) >= 11 is 0. The van der Waals surface area contributed by atoms with E-state index < -0.39 is 6.10 Å². The van der Waals surface area contributed by atoms with E-state index in [1.807, 2.05) is 0 Å². The standard InChI is InChI=1S/C55H92O6/c1-4-7-10-13-16-19-22-24-26-27-29-30-33-36-39-42-45-48-54(57)60-51-52(50-59-53(56)47-44-41-38-35-32-21-18-15-12-9-6-3)61-55(58)49-46-43-40-37-34-31-28-25-23-20-17-14-11-8-5-2/h16-17,19-20,24-26,28-30,34,36-37,39,52H,4-15,18,21-23,27,31-33,35,38,40-51H2,1-3H3/b19-16-,20-17-,26-24-,28-25-,30-29-,37-34-,39-36-/t52-/m1/s1. The molecule has 1 atom stereocenters. The maximum atomic E-state index is 12.8. The van der Waals surface area contributed by atoms with Crippen LogP contribution in [0.2, 0.25) is 0 Å². The first kappa shape index (κ1) is 57.6. The molecule has 0 heterocycles. The van der Waals surface area contributed by atoms with E-state index in [0.717, 1.165) is 70.6 Å². The maximum Gasteiger partial charge on any atom is 0.306 e. The van der Waals surface area contributed by atoms with Gasteiger partial charge in [-0.15, -0.1) is 0 Å². The van der Waals surface area contributed by atoms with Gasteiger partial charge in [-0.2, -0.15) is 0 Å². The summed E-state index contributed by atoms with van der Waals surface area (Å²) in [4.78, 5) is 37.9. The Bertz CT molecular complexity index is 1200. The summed E-state index contributed by atoms with van der Waals surface area (Å²) in [5.41, 5.74) is 0. The minimum absolute atomic E-state index is 0.108. The molecule has 0 bridgehead atoms. The Balaban J connectivity index is 4.53. The largest absolute Gasteiger partial charge is 0.462 e. The second-order valence-electron chi connectivity index (χ2n) is 16.4. The van der Waals surface area contributed by atoms with Crippen LogP contribution in [0.1, 0.15) is 226 Å². The highest BCUT2D eigenvalue weighted by Gasteiger charge is 2.19. The van der Waals surface area contributed by atoms with E-state index in [9.17, 15) is 14.4 Å². The van der Waals surface area contributed by atoms with E-state index in [4.69, 9.17) is 14.2 Å². The molecule has 0 rings (SSSR count). The van der Waals surface area contributed by atoms with Crippen LogP contribution in [0.3, 0.4) is 0 Å². The van der Waals surface area contributed by atoms with Crippen molar-refractivity contribution < 1.29 is 28.6 Å². The van der Waals surface area contributed by atoms with Crippen LogP contribution in [0.15, 0.2) is 85.1 Å². The van der Waals surface area contributed by atoms with Gasteiger partial charge in [-0.25, -0.2) is 0 Å². The summed E-state index contributed by atoms with van der Waals surface area (Å²) in [5, 5.41) is 0. The molecule has 0 aromatic carbocycles. The van der Waals surface area contributed by atoms with Gasteiger partial charge in [0.15, 0.2) is 6.10 Å². The fourth-order valence-corrected chi connectivity index (χ4v) is 6.56. The molecule has 0 saturated heterocycles. The fourth-order valence-electron chi connectivity index (χ4n) is 6.56. The van der Waals surface area contributed by atoms with Gasteiger partial charge in [0.1, 0.15) is 13.2 Å². The van der Waals surface area contributed by atoms with Crippen LogP contribution in [0.4, 0.5) is 0 Å². The van der Waals surface area contributed by atoms with Crippen LogP contribution in [-0.2, 0) is 28.6 Å². The number of allylic oxidation sites excluding steroid dienone is 14. The van der Waals surface area contributed by atoms with E-state index in [0.29, 0.717) is 19.3 Å². The molecule has 0 aliphatic heterocycles. The molecule has 6 heteroatoms. The Kier molecular flexibility index (Phi) is 46.5. The van der Waals surface area contributed by atoms with Gasteiger partial charge in [0.2, 0.25) is 0 Å². The summed E-state index contributed by atoms with van der Waals surface area (Å²) in [5.74, 6) is -1.01. The third kappa shape index (κ3) is 47.5. The van der Waals surface area contributed by atoms with Crippen LogP contribution >= 0.6 is 0 Å². The minimum atomic E-state index is -0.816. The molecule has 0 aliphatic carbocycles. The summed E-state index contributed by atoms with van der Waals surface area (Å²) in [6.07, 6.45) is 62.8. The Morgan fingerprint density at radius 3 is 1.02 bits per heavy atom. The zero-order valence-corrected chi connectivity index (χ0v) is 39.7. The number of hydrogen-bond donors (Lipinski definition) is 0. The molecular weight excluding hydrogens is 757 g/mol. The number of carbonyl (C=O) groups excluding carboxylic acids is 3. The lowest BCUT2D eigenvalue weighted by Gasteiger charge is -2.18. The van der Waals surface area contributed by atoms with E-state index in [1.54, 1.807) is 0 Å². The van der Waals surface area contributed by atoms with Crippen molar-refractivity contribution in [1.29, 1.82) is 0 Å². The van der Waals surface area contributed by atoms with Crippen molar-refractivity contribution in [2.24, 2.45) is 0 Å². The van der Waals surface area contributed by atoms with Crippen LogP contribution < -0.4 is 0 Å². The zero-order valence-electron chi connectivity index (χ0n) is 39.7. The number of rotatable bonds is 44. The molecule has 0 unspecified atom stereocenters. The lowest BCUT2D eigenvalue weighted by Crippen LogP contribution is -2.30. The third-order valence-electron chi connectivity index (χ3n) is 10.4. The highest BCUT2D eigenvalue weighted by Crippen LogP contribution is 2.13. The fraction of sp³-hybridized carbons (Fsp3) is 0.691. The predicted octanol–water partition coefficient (Wildman–Crippen LogP) is 16.4. The van der Waals surface area contributed by atoms with E-state index in [-0.39, 0.29) is 44.0 Å². The van der Waals surface area contributed by atoms with Crippen molar-refractivity contribution in [3.63, 3.8) is 0 Å². The van der Waals surface area contributed by atoms with Crippen molar-refractivity contribution in [1.82, 2.24) is 0 Å². The van der Waals surface area contributed by atoms with E-state index in [1.165, 1.54) is 103 Å². The number of unbranched alkanes of at least 4 members (excludes halogenated alkanes) is 19. The van der Waals surface area contributed by atoms with Crippen molar-refractivity contribution in [3.8, 4) is 0 Å². The van der Waals surface area contributed by atoms with Gasteiger partial charge in [-0.1, -0.05) is 196 Å². The normalized spacial score (nSPS) is 12.8. The lowest BCUT2D eigenvalue weighted by atomic mass is 10.1. The van der Waals surface area contributed by atoms with Crippen LogP contribution in [-0.4, -0.2) is 37.2 Å². The van der Waals surface area contributed by atoms with Gasteiger partial charge in [0.05, 0.1) is 0 Å². The molecule has 61 heavy (non-hydrogen) atoms. The molecule has 6 nitrogen and oxygen atoms in total. The number of esters is 3. The molecule has 0 aliphatic rings. The summed E-state index contributed by atoms with van der Waals surface area (Å²) in [7, 11) is 0. The number of carbonyl (C=O) groups is 3. The average Bonchev–Trinajstić information content (AvgIpc) is 3.26. The first-order valence-electron chi connectivity index (χ1n) is 25.1. The third-order valence-corrected chi connectivity index (χ3v) is 10.4. The Morgan fingerprint density at radius 1 is 0.328 bits per heavy atom. The number of ether oxygens (including phenoxy) is 3. The van der Waals surface area contributed by atoms with Crippen LogP contribution in [0, 0.1) is 0 Å². The van der Waals surface area contributed by atoms with Crippen molar-refractivity contribution in [3.05, 3.63) is 85.1 Å².